The van der Waals surface area contributed by atoms with E-state index in [0.717, 1.165) is 3.57 Å². The predicted octanol–water partition coefficient (Wildman–Crippen LogP) is 0.532. The zero-order valence-electron chi connectivity index (χ0n) is 6.57. The lowest BCUT2D eigenvalue weighted by Crippen LogP contribution is -2.11. The third kappa shape index (κ3) is 3.53. The third-order valence-electron chi connectivity index (χ3n) is 1.29. The van der Waals surface area contributed by atoms with E-state index in [0.29, 0.717) is 6.54 Å². The first-order valence-corrected chi connectivity index (χ1v) is 6.47. The quantitative estimate of drug-likeness (QED) is 0.765. The van der Waals surface area contributed by atoms with Crippen molar-refractivity contribution in [2.24, 2.45) is 0 Å². The third-order valence-corrected chi connectivity index (χ3v) is 2.77. The number of sulfone groups is 1. The molecule has 12 heavy (non-hydrogen) atoms. The van der Waals surface area contributed by atoms with Crippen LogP contribution in [-0.2, 0) is 16.4 Å². The molecule has 0 fully saturated rings. The maximum absolute atomic E-state index is 10.8. The van der Waals surface area contributed by atoms with Crippen LogP contribution in [0.2, 0.25) is 0 Å². The Balaban J connectivity index is 2.55. The van der Waals surface area contributed by atoms with Crippen LogP contribution in [-0.4, -0.2) is 30.2 Å². The number of nitrogens with zero attached hydrogens (tertiary/aromatic N) is 2. The highest BCUT2D eigenvalue weighted by molar-refractivity contribution is 14.1. The molecule has 0 bridgehead atoms. The molecule has 68 valence electrons. The molecule has 1 heterocycles. The van der Waals surface area contributed by atoms with E-state index in [1.54, 1.807) is 10.9 Å². The number of halogens is 1. The molecule has 0 N–H and O–H groups in total. The molecule has 0 saturated carbocycles. The Kier molecular flexibility index (Phi) is 3.10. The highest BCUT2D eigenvalue weighted by atomic mass is 127. The molecule has 1 rings (SSSR count). The minimum Gasteiger partial charge on any atom is -0.271 e. The molecule has 1 aromatic heterocycles. The molecule has 0 aliphatic carbocycles. The summed E-state index contributed by atoms with van der Waals surface area (Å²) in [5.41, 5.74) is 0. The minimum atomic E-state index is -2.88. The number of aryl methyl sites for hydroxylation is 1. The van der Waals surface area contributed by atoms with Gasteiger partial charge in [-0.3, -0.25) is 4.68 Å². The normalized spacial score (nSPS) is 11.8. The van der Waals surface area contributed by atoms with Gasteiger partial charge in [0.1, 0.15) is 9.84 Å². The Hall–Kier alpha value is -0.110. The summed E-state index contributed by atoms with van der Waals surface area (Å²) in [6.07, 6.45) is 4.73. The summed E-state index contributed by atoms with van der Waals surface area (Å²) < 4.78 is 24.2. The van der Waals surface area contributed by atoms with Gasteiger partial charge >= 0.3 is 0 Å². The zero-order valence-corrected chi connectivity index (χ0v) is 9.54. The van der Waals surface area contributed by atoms with Gasteiger partial charge in [0.25, 0.3) is 0 Å². The summed E-state index contributed by atoms with van der Waals surface area (Å²) in [6.45, 7) is 0.432. The van der Waals surface area contributed by atoms with Gasteiger partial charge in [-0.25, -0.2) is 8.42 Å². The van der Waals surface area contributed by atoms with Gasteiger partial charge in [-0.05, 0) is 22.6 Å². The Bertz CT molecular complexity index is 357. The molecule has 1 aromatic rings. The van der Waals surface area contributed by atoms with Gasteiger partial charge in [-0.1, -0.05) is 0 Å². The molecule has 0 spiro atoms. The first-order chi connectivity index (χ1) is 5.47. The van der Waals surface area contributed by atoms with E-state index >= 15 is 0 Å². The molecule has 0 radical (unpaired) electrons. The second kappa shape index (κ2) is 3.73. The van der Waals surface area contributed by atoms with Crippen LogP contribution in [0.15, 0.2) is 12.4 Å². The minimum absolute atomic E-state index is 0.144. The molecule has 0 aromatic carbocycles. The van der Waals surface area contributed by atoms with Crippen LogP contribution in [0, 0.1) is 3.57 Å². The van der Waals surface area contributed by atoms with Crippen molar-refractivity contribution in [3.63, 3.8) is 0 Å². The number of hydrogen-bond donors (Lipinski definition) is 0. The Morgan fingerprint density at radius 2 is 2.33 bits per heavy atom. The van der Waals surface area contributed by atoms with Crippen LogP contribution in [0.1, 0.15) is 0 Å². The maximum atomic E-state index is 10.8. The molecule has 0 aliphatic heterocycles. The van der Waals surface area contributed by atoms with Crippen molar-refractivity contribution in [1.29, 1.82) is 0 Å². The Labute approximate surface area is 85.0 Å². The summed E-state index contributed by atoms with van der Waals surface area (Å²) in [4.78, 5) is 0. The van der Waals surface area contributed by atoms with E-state index < -0.39 is 9.84 Å². The van der Waals surface area contributed by atoms with Crippen molar-refractivity contribution < 1.29 is 8.42 Å². The highest BCUT2D eigenvalue weighted by Gasteiger charge is 2.02. The fourth-order valence-corrected chi connectivity index (χ4v) is 1.68. The number of aromatic nitrogens is 2. The van der Waals surface area contributed by atoms with Gasteiger partial charge in [0.15, 0.2) is 0 Å². The molecule has 0 atom stereocenters. The van der Waals surface area contributed by atoms with E-state index in [-0.39, 0.29) is 5.75 Å². The van der Waals surface area contributed by atoms with Crippen molar-refractivity contribution >= 4 is 32.4 Å². The van der Waals surface area contributed by atoms with Crippen molar-refractivity contribution in [3.8, 4) is 0 Å². The molecule has 0 saturated heterocycles. The molecule has 4 nitrogen and oxygen atoms in total. The van der Waals surface area contributed by atoms with Crippen LogP contribution >= 0.6 is 22.6 Å². The van der Waals surface area contributed by atoms with Crippen LogP contribution in [0.4, 0.5) is 0 Å². The van der Waals surface area contributed by atoms with Gasteiger partial charge in [0, 0.05) is 12.5 Å². The fourth-order valence-electron chi connectivity index (χ4n) is 0.720. The molecular formula is C6H9IN2O2S. The zero-order chi connectivity index (χ0) is 9.19. The van der Waals surface area contributed by atoms with E-state index in [4.69, 9.17) is 0 Å². The lowest BCUT2D eigenvalue weighted by atomic mass is 10.7. The smallest absolute Gasteiger partial charge is 0.149 e. The number of rotatable bonds is 3. The van der Waals surface area contributed by atoms with Crippen LogP contribution in [0.3, 0.4) is 0 Å². The summed E-state index contributed by atoms with van der Waals surface area (Å²) in [5, 5.41) is 3.96. The fraction of sp³-hybridized carbons (Fsp3) is 0.500. The first-order valence-electron chi connectivity index (χ1n) is 3.33. The highest BCUT2D eigenvalue weighted by Crippen LogP contribution is 2.01. The van der Waals surface area contributed by atoms with Gasteiger partial charge in [0.2, 0.25) is 0 Å². The monoisotopic (exact) mass is 300 g/mol. The lowest BCUT2D eigenvalue weighted by Gasteiger charge is -1.97. The number of hydrogen-bond acceptors (Lipinski definition) is 3. The second-order valence-electron chi connectivity index (χ2n) is 2.55. The SMILES string of the molecule is CS(=O)(=O)CCn1cc(I)cn1. The molecule has 0 unspecified atom stereocenters. The summed E-state index contributed by atoms with van der Waals surface area (Å²) in [5.74, 6) is 0.144. The predicted molar refractivity (Wildman–Crippen MR) is 54.7 cm³/mol. The van der Waals surface area contributed by atoms with Crippen molar-refractivity contribution in [3.05, 3.63) is 16.0 Å². The van der Waals surface area contributed by atoms with Crippen molar-refractivity contribution in [1.82, 2.24) is 9.78 Å². The topological polar surface area (TPSA) is 52.0 Å². The first kappa shape index (κ1) is 9.97. The van der Waals surface area contributed by atoms with Crippen molar-refractivity contribution in [2.75, 3.05) is 12.0 Å². The summed E-state index contributed by atoms with van der Waals surface area (Å²) in [7, 11) is -2.88. The maximum Gasteiger partial charge on any atom is 0.149 e. The van der Waals surface area contributed by atoms with E-state index in [9.17, 15) is 8.42 Å². The van der Waals surface area contributed by atoms with Gasteiger partial charge in [0.05, 0.1) is 22.1 Å². The van der Waals surface area contributed by atoms with E-state index in [2.05, 4.69) is 27.7 Å². The van der Waals surface area contributed by atoms with Gasteiger partial charge in [-0.15, -0.1) is 0 Å². The van der Waals surface area contributed by atoms with Crippen LogP contribution < -0.4 is 0 Å². The van der Waals surface area contributed by atoms with Gasteiger partial charge in [-0.2, -0.15) is 5.10 Å². The average Bonchev–Trinajstić information content (AvgIpc) is 2.30. The van der Waals surface area contributed by atoms with Crippen LogP contribution in [0.25, 0.3) is 0 Å². The van der Waals surface area contributed by atoms with E-state index in [1.807, 2.05) is 6.20 Å². The molecule has 6 heteroatoms. The molecule has 0 amide bonds. The standard InChI is InChI=1S/C6H9IN2O2S/c1-12(10,11)3-2-9-5-6(7)4-8-9/h4-5H,2-3H2,1H3. The van der Waals surface area contributed by atoms with Crippen molar-refractivity contribution in [2.45, 2.75) is 6.54 Å². The summed E-state index contributed by atoms with van der Waals surface area (Å²) >= 11 is 2.13. The van der Waals surface area contributed by atoms with Crippen LogP contribution in [0.5, 0.6) is 0 Å². The van der Waals surface area contributed by atoms with Gasteiger partial charge < -0.3 is 0 Å². The average molecular weight is 300 g/mol. The van der Waals surface area contributed by atoms with E-state index in [1.165, 1.54) is 6.26 Å². The lowest BCUT2D eigenvalue weighted by molar-refractivity contribution is 0.586. The largest absolute Gasteiger partial charge is 0.271 e. The molecule has 0 aliphatic rings. The molecular weight excluding hydrogens is 291 g/mol. The summed E-state index contributed by atoms with van der Waals surface area (Å²) in [6, 6.07) is 0. The Morgan fingerprint density at radius 1 is 1.67 bits per heavy atom. The Morgan fingerprint density at radius 3 is 2.75 bits per heavy atom. The second-order valence-corrected chi connectivity index (χ2v) is 6.06.